The number of methoxy groups -OCH3 is 1. The maximum Gasteiger partial charge on any atom is 0.344 e. The van der Waals surface area contributed by atoms with Crippen molar-refractivity contribution in [2.24, 2.45) is 0 Å². The molecule has 0 unspecified atom stereocenters. The van der Waals surface area contributed by atoms with Crippen molar-refractivity contribution in [1.82, 2.24) is 0 Å². The minimum absolute atomic E-state index is 0.0364. The van der Waals surface area contributed by atoms with E-state index < -0.39 is 11.4 Å². The predicted molar refractivity (Wildman–Crippen MR) is 114 cm³/mol. The number of carbonyl (C=O) groups is 1. The zero-order valence-corrected chi connectivity index (χ0v) is 17.1. The summed E-state index contributed by atoms with van der Waals surface area (Å²) < 4.78 is 21.5. The highest BCUT2D eigenvalue weighted by atomic mass is 16.6. The van der Waals surface area contributed by atoms with Crippen LogP contribution in [0.3, 0.4) is 0 Å². The topological polar surface area (TPSA) is 115 Å². The van der Waals surface area contributed by atoms with Crippen molar-refractivity contribution in [3.63, 3.8) is 0 Å². The van der Waals surface area contributed by atoms with E-state index in [-0.39, 0.29) is 53.6 Å². The van der Waals surface area contributed by atoms with Crippen LogP contribution in [-0.4, -0.2) is 36.5 Å². The number of ether oxygens (including phenoxy) is 3. The zero-order chi connectivity index (χ0) is 22.5. The largest absolute Gasteiger partial charge is 0.507 e. The second-order valence-electron chi connectivity index (χ2n) is 6.52. The highest BCUT2D eigenvalue weighted by Crippen LogP contribution is 2.37. The molecule has 0 saturated heterocycles. The van der Waals surface area contributed by atoms with Gasteiger partial charge in [-0.1, -0.05) is 6.08 Å². The molecule has 0 aliphatic rings. The first-order chi connectivity index (χ1) is 14.9. The summed E-state index contributed by atoms with van der Waals surface area (Å²) in [6.07, 6.45) is 1.78. The van der Waals surface area contributed by atoms with Crippen molar-refractivity contribution in [3.05, 3.63) is 58.8 Å². The van der Waals surface area contributed by atoms with E-state index in [0.29, 0.717) is 16.9 Å². The predicted octanol–water partition coefficient (Wildman–Crippen LogP) is 3.55. The van der Waals surface area contributed by atoms with Crippen LogP contribution in [-0.2, 0) is 16.0 Å². The molecule has 8 nitrogen and oxygen atoms in total. The molecule has 1 heterocycles. The summed E-state index contributed by atoms with van der Waals surface area (Å²) in [5, 5.41) is 20.3. The van der Waals surface area contributed by atoms with Gasteiger partial charge in [0.15, 0.2) is 23.5 Å². The lowest BCUT2D eigenvalue weighted by molar-refractivity contribution is -0.145. The van der Waals surface area contributed by atoms with Gasteiger partial charge in [-0.3, -0.25) is 4.79 Å². The van der Waals surface area contributed by atoms with Gasteiger partial charge >= 0.3 is 5.97 Å². The van der Waals surface area contributed by atoms with Gasteiger partial charge in [0.05, 0.1) is 13.7 Å². The standard InChI is InChI=1S/C23H22O8/c1-4-6-14-15(24)10-16(25)22-17(26)11-19(31-23(14)22)13-7-8-18(28-3)20(9-13)30-12-21(27)29-5-2/h4,7-11,24-25H,1,5-6,12H2,2-3H3. The Morgan fingerprint density at radius 2 is 1.94 bits per heavy atom. The van der Waals surface area contributed by atoms with Gasteiger partial charge in [0.25, 0.3) is 0 Å². The second-order valence-corrected chi connectivity index (χ2v) is 6.52. The van der Waals surface area contributed by atoms with Crippen molar-refractivity contribution in [2.45, 2.75) is 13.3 Å². The van der Waals surface area contributed by atoms with Crippen LogP contribution in [0.1, 0.15) is 12.5 Å². The Hall–Kier alpha value is -3.94. The van der Waals surface area contributed by atoms with Gasteiger partial charge in [-0.15, -0.1) is 6.58 Å². The van der Waals surface area contributed by atoms with E-state index in [2.05, 4.69) is 6.58 Å². The molecular weight excluding hydrogens is 404 g/mol. The first-order valence-corrected chi connectivity index (χ1v) is 9.49. The van der Waals surface area contributed by atoms with E-state index in [9.17, 15) is 19.8 Å². The lowest BCUT2D eigenvalue weighted by Crippen LogP contribution is -2.14. The molecule has 0 radical (unpaired) electrons. The molecule has 31 heavy (non-hydrogen) atoms. The summed E-state index contributed by atoms with van der Waals surface area (Å²) in [5.74, 6) is -0.324. The third kappa shape index (κ3) is 4.48. The normalized spacial score (nSPS) is 10.6. The summed E-state index contributed by atoms with van der Waals surface area (Å²) in [5.41, 5.74) is 0.369. The number of phenols is 2. The van der Waals surface area contributed by atoms with Gasteiger partial charge in [-0.25, -0.2) is 4.79 Å². The van der Waals surface area contributed by atoms with E-state index in [1.165, 1.54) is 13.2 Å². The Kier molecular flexibility index (Phi) is 6.49. The third-order valence-corrected chi connectivity index (χ3v) is 4.51. The molecule has 0 saturated carbocycles. The minimum atomic E-state index is -0.535. The molecule has 2 N–H and O–H groups in total. The van der Waals surface area contributed by atoms with Crippen molar-refractivity contribution >= 4 is 16.9 Å². The molecule has 0 aliphatic carbocycles. The zero-order valence-electron chi connectivity index (χ0n) is 17.1. The number of phenolic OH excluding ortho intramolecular Hbond substituents is 2. The number of aromatic hydroxyl groups is 2. The van der Waals surface area contributed by atoms with Crippen LogP contribution >= 0.6 is 0 Å². The lowest BCUT2D eigenvalue weighted by Gasteiger charge is -2.13. The summed E-state index contributed by atoms with van der Waals surface area (Å²) in [6.45, 7) is 5.25. The monoisotopic (exact) mass is 426 g/mol. The molecule has 3 aromatic rings. The highest BCUT2D eigenvalue weighted by molar-refractivity contribution is 5.89. The van der Waals surface area contributed by atoms with Gasteiger partial charge < -0.3 is 28.8 Å². The Morgan fingerprint density at radius 1 is 1.16 bits per heavy atom. The second kappa shape index (κ2) is 9.25. The Bertz CT molecular complexity index is 1190. The van der Waals surface area contributed by atoms with Crippen LogP contribution in [0, 0.1) is 0 Å². The fourth-order valence-corrected chi connectivity index (χ4v) is 3.12. The van der Waals surface area contributed by atoms with E-state index in [1.807, 2.05) is 0 Å². The number of benzene rings is 2. The fraction of sp³-hybridized carbons (Fsp3) is 0.217. The molecule has 1 aromatic heterocycles. The molecule has 162 valence electrons. The quantitative estimate of drug-likeness (QED) is 0.415. The highest BCUT2D eigenvalue weighted by Gasteiger charge is 2.18. The van der Waals surface area contributed by atoms with Crippen LogP contribution in [0.2, 0.25) is 0 Å². The Balaban J connectivity index is 2.12. The first kappa shape index (κ1) is 21.8. The molecule has 0 aliphatic heterocycles. The molecule has 3 rings (SSSR count). The van der Waals surface area contributed by atoms with Crippen LogP contribution in [0.4, 0.5) is 0 Å². The van der Waals surface area contributed by atoms with Crippen molar-refractivity contribution in [2.75, 3.05) is 20.3 Å². The number of hydrogen-bond donors (Lipinski definition) is 2. The molecule has 0 atom stereocenters. The summed E-state index contributed by atoms with van der Waals surface area (Å²) in [6, 6.07) is 7.14. The molecule has 0 spiro atoms. The maximum atomic E-state index is 12.7. The van der Waals surface area contributed by atoms with Crippen LogP contribution in [0.15, 0.2) is 52.2 Å². The van der Waals surface area contributed by atoms with Crippen molar-refractivity contribution in [3.8, 4) is 34.3 Å². The average Bonchev–Trinajstić information content (AvgIpc) is 2.74. The number of rotatable bonds is 8. The molecule has 8 heteroatoms. The molecule has 2 aromatic carbocycles. The SMILES string of the molecule is C=CCc1c(O)cc(O)c2c(=O)cc(-c3ccc(OC)c(OCC(=O)OCC)c3)oc12. The average molecular weight is 426 g/mol. The first-order valence-electron chi connectivity index (χ1n) is 9.49. The summed E-state index contributed by atoms with van der Waals surface area (Å²) in [4.78, 5) is 24.3. The maximum absolute atomic E-state index is 12.7. The molecular formula is C23H22O8. The number of fused-ring (bicyclic) bond motifs is 1. The smallest absolute Gasteiger partial charge is 0.344 e. The number of carbonyl (C=O) groups excluding carboxylic acids is 1. The van der Waals surface area contributed by atoms with Gasteiger partial charge in [0.2, 0.25) is 0 Å². The van der Waals surface area contributed by atoms with Gasteiger partial charge in [-0.05, 0) is 31.5 Å². The van der Waals surface area contributed by atoms with Gasteiger partial charge in [0.1, 0.15) is 28.2 Å². The Morgan fingerprint density at radius 3 is 2.61 bits per heavy atom. The number of allylic oxidation sites excluding steroid dienone is 1. The van der Waals surface area contributed by atoms with Crippen LogP contribution in [0.5, 0.6) is 23.0 Å². The fourth-order valence-electron chi connectivity index (χ4n) is 3.12. The minimum Gasteiger partial charge on any atom is -0.507 e. The lowest BCUT2D eigenvalue weighted by atomic mass is 10.0. The van der Waals surface area contributed by atoms with Crippen LogP contribution in [0.25, 0.3) is 22.3 Å². The molecule has 0 amide bonds. The molecule has 0 bridgehead atoms. The number of esters is 1. The van der Waals surface area contributed by atoms with E-state index >= 15 is 0 Å². The summed E-state index contributed by atoms with van der Waals surface area (Å²) in [7, 11) is 1.45. The Labute approximate surface area is 177 Å². The van der Waals surface area contributed by atoms with E-state index in [0.717, 1.165) is 6.07 Å². The van der Waals surface area contributed by atoms with Crippen molar-refractivity contribution < 1.29 is 33.6 Å². The van der Waals surface area contributed by atoms with E-state index in [4.69, 9.17) is 18.6 Å². The van der Waals surface area contributed by atoms with Gasteiger partial charge in [-0.2, -0.15) is 0 Å². The van der Waals surface area contributed by atoms with Gasteiger partial charge in [0, 0.05) is 23.3 Å². The number of hydrogen-bond acceptors (Lipinski definition) is 8. The third-order valence-electron chi connectivity index (χ3n) is 4.51. The molecule has 0 fully saturated rings. The van der Waals surface area contributed by atoms with Crippen LogP contribution < -0.4 is 14.9 Å². The van der Waals surface area contributed by atoms with Crippen molar-refractivity contribution in [1.29, 1.82) is 0 Å². The van der Waals surface area contributed by atoms with E-state index in [1.54, 1.807) is 31.2 Å². The summed E-state index contributed by atoms with van der Waals surface area (Å²) >= 11 is 0.